The minimum Gasteiger partial charge on any atom is -0.482 e. The number of amides is 1. The third-order valence-corrected chi connectivity index (χ3v) is 2.90. The zero-order valence-electron chi connectivity index (χ0n) is 12.2. The van der Waals surface area contributed by atoms with Gasteiger partial charge in [0.1, 0.15) is 5.75 Å². The number of ether oxygens (including phenoxy) is 1. The maximum Gasteiger partial charge on any atom is 0.341 e. The molecule has 7 heteroatoms. The predicted molar refractivity (Wildman–Crippen MR) is 79.7 cm³/mol. The molecule has 7 nitrogen and oxygen atoms in total. The van der Waals surface area contributed by atoms with Crippen molar-refractivity contribution < 1.29 is 19.4 Å². The molecule has 2 aromatic rings. The lowest BCUT2D eigenvalue weighted by Crippen LogP contribution is -2.12. The highest BCUT2D eigenvalue weighted by molar-refractivity contribution is 5.90. The van der Waals surface area contributed by atoms with Crippen LogP contribution in [-0.4, -0.2) is 33.4 Å². The summed E-state index contributed by atoms with van der Waals surface area (Å²) in [6, 6.07) is 6.55. The average molecular weight is 303 g/mol. The molecule has 2 N–H and O–H groups in total. The molecule has 116 valence electrons. The Morgan fingerprint density at radius 1 is 1.32 bits per heavy atom. The first-order chi connectivity index (χ1) is 10.5. The van der Waals surface area contributed by atoms with Crippen LogP contribution in [0.1, 0.15) is 12.0 Å². The molecule has 1 amide bonds. The molecular weight excluding hydrogens is 286 g/mol. The van der Waals surface area contributed by atoms with Crippen molar-refractivity contribution in [2.24, 2.45) is 7.05 Å². The van der Waals surface area contributed by atoms with E-state index in [1.165, 1.54) is 0 Å². The number of nitrogens with zero attached hydrogens (tertiary/aromatic N) is 2. The first-order valence-electron chi connectivity index (χ1n) is 6.75. The van der Waals surface area contributed by atoms with Gasteiger partial charge < -0.3 is 15.2 Å². The van der Waals surface area contributed by atoms with Gasteiger partial charge in [-0.1, -0.05) is 0 Å². The monoisotopic (exact) mass is 303 g/mol. The fourth-order valence-electron chi connectivity index (χ4n) is 1.86. The summed E-state index contributed by atoms with van der Waals surface area (Å²) in [5.41, 5.74) is 1.65. The minimum atomic E-state index is -1.03. The van der Waals surface area contributed by atoms with Crippen molar-refractivity contribution in [3.8, 4) is 5.75 Å². The van der Waals surface area contributed by atoms with E-state index in [-0.39, 0.29) is 5.91 Å². The van der Waals surface area contributed by atoms with Gasteiger partial charge >= 0.3 is 5.97 Å². The van der Waals surface area contributed by atoms with Gasteiger partial charge in [0.2, 0.25) is 5.91 Å². The molecule has 0 spiro atoms. The van der Waals surface area contributed by atoms with Gasteiger partial charge in [-0.3, -0.25) is 9.48 Å². The summed E-state index contributed by atoms with van der Waals surface area (Å²) in [4.78, 5) is 22.2. The van der Waals surface area contributed by atoms with Gasteiger partial charge in [0.25, 0.3) is 0 Å². The summed E-state index contributed by atoms with van der Waals surface area (Å²) in [5.74, 6) is -0.688. The standard InChI is InChI=1S/C15H17N3O4/c1-18-9-11(8-16-18)2-7-14(19)17-12-3-5-13(6-4-12)22-10-15(20)21/h3-6,8-9H,2,7,10H2,1H3,(H,17,19)(H,20,21). The normalized spacial score (nSPS) is 10.2. The van der Waals surface area contributed by atoms with Crippen molar-refractivity contribution in [2.45, 2.75) is 12.8 Å². The van der Waals surface area contributed by atoms with Crippen LogP contribution >= 0.6 is 0 Å². The van der Waals surface area contributed by atoms with Crippen LogP contribution in [0, 0.1) is 0 Å². The summed E-state index contributed by atoms with van der Waals surface area (Å²) in [6.07, 6.45) is 4.60. The number of nitrogens with one attached hydrogen (secondary N) is 1. The highest BCUT2D eigenvalue weighted by Crippen LogP contribution is 2.16. The Bertz CT molecular complexity index is 649. The first-order valence-corrected chi connectivity index (χ1v) is 6.75. The Hall–Kier alpha value is -2.83. The van der Waals surface area contributed by atoms with Gasteiger partial charge in [0.15, 0.2) is 6.61 Å². The molecule has 0 aliphatic rings. The maximum absolute atomic E-state index is 11.8. The highest BCUT2D eigenvalue weighted by atomic mass is 16.5. The van der Waals surface area contributed by atoms with Crippen LogP contribution < -0.4 is 10.1 Å². The molecule has 0 aliphatic heterocycles. The fraction of sp³-hybridized carbons (Fsp3) is 0.267. The number of carbonyl (C=O) groups is 2. The van der Waals surface area contributed by atoms with E-state index in [1.54, 1.807) is 35.1 Å². The number of rotatable bonds is 7. The van der Waals surface area contributed by atoms with Gasteiger partial charge in [0, 0.05) is 25.4 Å². The molecule has 0 saturated carbocycles. The summed E-state index contributed by atoms with van der Waals surface area (Å²) in [7, 11) is 1.83. The van der Waals surface area contributed by atoms with Crippen molar-refractivity contribution in [2.75, 3.05) is 11.9 Å². The number of aromatic nitrogens is 2. The average Bonchev–Trinajstić information content (AvgIpc) is 2.90. The van der Waals surface area contributed by atoms with E-state index >= 15 is 0 Å². The minimum absolute atomic E-state index is 0.0944. The molecule has 0 aliphatic carbocycles. The molecule has 0 unspecified atom stereocenters. The number of carboxylic acids is 1. The summed E-state index contributed by atoms with van der Waals surface area (Å²) in [6.45, 7) is -0.392. The number of aliphatic carboxylic acids is 1. The Labute approximate surface area is 127 Å². The zero-order chi connectivity index (χ0) is 15.9. The van der Waals surface area contributed by atoms with Crippen LogP contribution in [0.3, 0.4) is 0 Å². The lowest BCUT2D eigenvalue weighted by molar-refractivity contribution is -0.139. The van der Waals surface area contributed by atoms with Gasteiger partial charge in [-0.25, -0.2) is 4.79 Å². The molecular formula is C15H17N3O4. The number of aryl methyl sites for hydroxylation is 2. The van der Waals surface area contributed by atoms with Crippen LogP contribution in [0.25, 0.3) is 0 Å². The van der Waals surface area contributed by atoms with Gasteiger partial charge in [-0.15, -0.1) is 0 Å². The van der Waals surface area contributed by atoms with Crippen LogP contribution in [0.5, 0.6) is 5.75 Å². The molecule has 22 heavy (non-hydrogen) atoms. The van der Waals surface area contributed by atoms with Crippen LogP contribution in [-0.2, 0) is 23.1 Å². The second kappa shape index (κ2) is 7.26. The summed E-state index contributed by atoms with van der Waals surface area (Å²) >= 11 is 0. The van der Waals surface area contributed by atoms with Crippen molar-refractivity contribution in [1.82, 2.24) is 9.78 Å². The lowest BCUT2D eigenvalue weighted by atomic mass is 10.2. The molecule has 1 heterocycles. The summed E-state index contributed by atoms with van der Waals surface area (Å²) < 4.78 is 6.71. The molecule has 0 atom stereocenters. The van der Waals surface area contributed by atoms with Gasteiger partial charge in [0.05, 0.1) is 6.20 Å². The fourth-order valence-corrected chi connectivity index (χ4v) is 1.86. The van der Waals surface area contributed by atoms with E-state index in [9.17, 15) is 9.59 Å². The maximum atomic E-state index is 11.8. The smallest absolute Gasteiger partial charge is 0.341 e. The topological polar surface area (TPSA) is 93.5 Å². The van der Waals surface area contributed by atoms with Gasteiger partial charge in [-0.2, -0.15) is 5.10 Å². The molecule has 0 fully saturated rings. The molecule has 0 radical (unpaired) electrons. The first kappa shape index (κ1) is 15.6. The van der Waals surface area contributed by atoms with Crippen molar-refractivity contribution in [3.05, 3.63) is 42.2 Å². The molecule has 0 bridgehead atoms. The van der Waals surface area contributed by atoms with Crippen LogP contribution in [0.4, 0.5) is 5.69 Å². The number of carboxylic acid groups (broad SMARTS) is 1. The quantitative estimate of drug-likeness (QED) is 0.807. The molecule has 1 aromatic heterocycles. The third kappa shape index (κ3) is 4.93. The van der Waals surface area contributed by atoms with E-state index in [0.717, 1.165) is 5.56 Å². The SMILES string of the molecule is Cn1cc(CCC(=O)Nc2ccc(OCC(=O)O)cc2)cn1. The molecule has 2 rings (SSSR count). The summed E-state index contributed by atoms with van der Waals surface area (Å²) in [5, 5.41) is 15.3. The Morgan fingerprint density at radius 2 is 2.05 bits per heavy atom. The van der Waals surface area contributed by atoms with Crippen molar-refractivity contribution in [1.29, 1.82) is 0 Å². The molecule has 0 saturated heterocycles. The number of carbonyl (C=O) groups excluding carboxylic acids is 1. The number of anilines is 1. The highest BCUT2D eigenvalue weighted by Gasteiger charge is 2.05. The predicted octanol–water partition coefficient (Wildman–Crippen LogP) is 1.45. The lowest BCUT2D eigenvalue weighted by Gasteiger charge is -2.07. The van der Waals surface area contributed by atoms with Gasteiger partial charge in [-0.05, 0) is 36.2 Å². The van der Waals surface area contributed by atoms with Crippen molar-refractivity contribution in [3.63, 3.8) is 0 Å². The number of hydrogen-bond donors (Lipinski definition) is 2. The van der Waals surface area contributed by atoms with E-state index in [4.69, 9.17) is 9.84 Å². The van der Waals surface area contributed by atoms with E-state index in [2.05, 4.69) is 10.4 Å². The Balaban J connectivity index is 1.79. The van der Waals surface area contributed by atoms with E-state index in [0.29, 0.717) is 24.3 Å². The largest absolute Gasteiger partial charge is 0.482 e. The van der Waals surface area contributed by atoms with E-state index in [1.807, 2.05) is 13.2 Å². The van der Waals surface area contributed by atoms with Crippen LogP contribution in [0.15, 0.2) is 36.7 Å². The number of hydrogen-bond acceptors (Lipinski definition) is 4. The number of benzene rings is 1. The Morgan fingerprint density at radius 3 is 2.64 bits per heavy atom. The second-order valence-corrected chi connectivity index (χ2v) is 4.78. The second-order valence-electron chi connectivity index (χ2n) is 4.78. The third-order valence-electron chi connectivity index (χ3n) is 2.90. The van der Waals surface area contributed by atoms with E-state index < -0.39 is 12.6 Å². The molecule has 1 aromatic carbocycles. The van der Waals surface area contributed by atoms with Crippen LogP contribution in [0.2, 0.25) is 0 Å². The Kier molecular flexibility index (Phi) is 5.13. The van der Waals surface area contributed by atoms with Crippen molar-refractivity contribution >= 4 is 17.6 Å². The zero-order valence-corrected chi connectivity index (χ0v) is 12.2.